The third-order valence-electron chi connectivity index (χ3n) is 13.9. The molecule has 1 unspecified atom stereocenters. The van der Waals surface area contributed by atoms with E-state index in [9.17, 15) is 14.7 Å². The molecule has 1 N–H and O–H groups in total. The lowest BCUT2D eigenvalue weighted by atomic mass is 10.0. The minimum absolute atomic E-state index is 0.0556. The van der Waals surface area contributed by atoms with E-state index >= 15 is 0 Å². The van der Waals surface area contributed by atoms with Crippen molar-refractivity contribution in [2.45, 2.75) is 354 Å². The summed E-state index contributed by atoms with van der Waals surface area (Å²) in [5, 5.41) is 9.66. The summed E-state index contributed by atoms with van der Waals surface area (Å²) in [7, 11) is 0. The molecule has 0 aliphatic carbocycles. The second-order valence-corrected chi connectivity index (χ2v) is 20.4. The van der Waals surface area contributed by atoms with Crippen LogP contribution in [0.25, 0.3) is 0 Å². The Bertz CT molecular complexity index is 891. The zero-order valence-corrected chi connectivity index (χ0v) is 43.8. The molecule has 0 saturated heterocycles. The molecule has 0 rings (SSSR count). The smallest absolute Gasteiger partial charge is 0.306 e. The van der Waals surface area contributed by atoms with Gasteiger partial charge in [-0.3, -0.25) is 9.59 Å². The lowest BCUT2D eigenvalue weighted by Gasteiger charge is -2.15. The third-order valence-corrected chi connectivity index (χ3v) is 13.9. The average Bonchev–Trinajstić information content (AvgIpc) is 3.30. The first-order valence-corrected chi connectivity index (χ1v) is 29.6. The van der Waals surface area contributed by atoms with Gasteiger partial charge in [0.1, 0.15) is 6.61 Å². The fraction of sp³-hybridized carbons (Fsp3) is 0.966. The first-order chi connectivity index (χ1) is 31.6. The lowest BCUT2D eigenvalue weighted by molar-refractivity contribution is -0.161. The average molecular weight is 906 g/mol. The van der Waals surface area contributed by atoms with Gasteiger partial charge in [-0.05, 0) is 12.8 Å². The lowest BCUT2D eigenvalue weighted by Crippen LogP contribution is -2.28. The Hall–Kier alpha value is -1.10. The predicted octanol–water partition coefficient (Wildman–Crippen LogP) is 19.8. The molecular weight excluding hydrogens is 789 g/mol. The highest BCUT2D eigenvalue weighted by Crippen LogP contribution is 2.19. The first-order valence-electron chi connectivity index (χ1n) is 29.6. The summed E-state index contributed by atoms with van der Waals surface area (Å²) in [6.45, 7) is 4.21. The first kappa shape index (κ1) is 62.9. The van der Waals surface area contributed by atoms with E-state index in [0.29, 0.717) is 12.8 Å². The highest BCUT2D eigenvalue weighted by atomic mass is 16.6. The molecule has 5 heteroatoms. The van der Waals surface area contributed by atoms with Crippen LogP contribution in [0.5, 0.6) is 0 Å². The number of carbonyl (C=O) groups is 2. The molecule has 0 spiro atoms. The van der Waals surface area contributed by atoms with Crippen molar-refractivity contribution in [3.8, 4) is 0 Å². The van der Waals surface area contributed by atoms with Gasteiger partial charge in [0.15, 0.2) is 6.10 Å². The Kier molecular flexibility index (Phi) is 55.3. The van der Waals surface area contributed by atoms with Crippen molar-refractivity contribution in [2.75, 3.05) is 13.2 Å². The van der Waals surface area contributed by atoms with Crippen LogP contribution >= 0.6 is 0 Å². The summed E-state index contributed by atoms with van der Waals surface area (Å²) >= 11 is 0. The van der Waals surface area contributed by atoms with Crippen molar-refractivity contribution >= 4 is 11.9 Å². The molecule has 0 fully saturated rings. The topological polar surface area (TPSA) is 72.8 Å². The van der Waals surface area contributed by atoms with Gasteiger partial charge in [-0.15, -0.1) is 0 Å². The molecule has 0 amide bonds. The van der Waals surface area contributed by atoms with Gasteiger partial charge in [0.2, 0.25) is 0 Å². The molecule has 1 atom stereocenters. The number of aliphatic hydroxyl groups excluding tert-OH is 1. The molecule has 5 nitrogen and oxygen atoms in total. The maximum Gasteiger partial charge on any atom is 0.306 e. The van der Waals surface area contributed by atoms with Gasteiger partial charge in [-0.2, -0.15) is 0 Å². The van der Waals surface area contributed by atoms with E-state index in [2.05, 4.69) is 13.8 Å². The Morgan fingerprint density at radius 3 is 0.688 bits per heavy atom. The van der Waals surface area contributed by atoms with E-state index in [0.717, 1.165) is 32.1 Å². The van der Waals surface area contributed by atoms with Crippen LogP contribution in [0, 0.1) is 0 Å². The van der Waals surface area contributed by atoms with E-state index in [-0.39, 0.29) is 25.2 Å². The van der Waals surface area contributed by atoms with Crippen molar-refractivity contribution in [1.29, 1.82) is 0 Å². The predicted molar refractivity (Wildman–Crippen MR) is 279 cm³/mol. The number of carbonyl (C=O) groups excluding carboxylic acids is 2. The van der Waals surface area contributed by atoms with Gasteiger partial charge in [0.05, 0.1) is 6.61 Å². The standard InChI is InChI=1S/C59H116O5/c1-3-5-7-9-11-13-15-17-19-21-23-25-27-29-31-33-35-37-39-41-43-45-47-49-51-53-58(61)63-56-57(55-60)64-59(62)54-52-50-48-46-44-42-40-38-36-34-32-30-28-26-24-22-20-18-16-14-12-10-8-6-4-2/h57,60H,3-56H2,1-2H3. The number of rotatable bonds is 56. The number of hydrogen-bond donors (Lipinski definition) is 1. The zero-order valence-electron chi connectivity index (χ0n) is 43.8. The van der Waals surface area contributed by atoms with Gasteiger partial charge in [-0.25, -0.2) is 0 Å². The number of hydrogen-bond acceptors (Lipinski definition) is 5. The number of unbranched alkanes of at least 4 members (excludes halogenated alkanes) is 48. The van der Waals surface area contributed by atoms with Crippen LogP contribution in [0.1, 0.15) is 348 Å². The van der Waals surface area contributed by atoms with Crippen molar-refractivity contribution in [3.05, 3.63) is 0 Å². The second-order valence-electron chi connectivity index (χ2n) is 20.4. The number of aliphatic hydroxyl groups is 1. The molecule has 0 aromatic rings. The summed E-state index contributed by atoms with van der Waals surface area (Å²) in [5.41, 5.74) is 0. The van der Waals surface area contributed by atoms with E-state index in [4.69, 9.17) is 9.47 Å². The molecule has 0 saturated carbocycles. The molecule has 0 aliphatic rings. The van der Waals surface area contributed by atoms with Crippen LogP contribution in [0.15, 0.2) is 0 Å². The fourth-order valence-corrected chi connectivity index (χ4v) is 9.44. The summed E-state index contributed by atoms with van der Waals surface area (Å²) < 4.78 is 10.7. The van der Waals surface area contributed by atoms with Gasteiger partial charge in [0.25, 0.3) is 0 Å². The van der Waals surface area contributed by atoms with Crippen LogP contribution < -0.4 is 0 Å². The summed E-state index contributed by atoms with van der Waals surface area (Å²) in [5.74, 6) is -0.562. The van der Waals surface area contributed by atoms with Crippen molar-refractivity contribution in [1.82, 2.24) is 0 Å². The quantitative estimate of drug-likeness (QED) is 0.0486. The molecule has 64 heavy (non-hydrogen) atoms. The summed E-state index contributed by atoms with van der Waals surface area (Å²) in [4.78, 5) is 24.5. The molecule has 0 aromatic carbocycles. The van der Waals surface area contributed by atoms with Crippen LogP contribution in [-0.4, -0.2) is 36.4 Å². The van der Waals surface area contributed by atoms with Gasteiger partial charge < -0.3 is 14.6 Å². The molecule has 0 bridgehead atoms. The van der Waals surface area contributed by atoms with Crippen LogP contribution in [0.2, 0.25) is 0 Å². The zero-order chi connectivity index (χ0) is 46.3. The summed E-state index contributed by atoms with van der Waals surface area (Å²) in [6.07, 6.45) is 68.1. The highest BCUT2D eigenvalue weighted by Gasteiger charge is 2.16. The van der Waals surface area contributed by atoms with Gasteiger partial charge in [-0.1, -0.05) is 322 Å². The highest BCUT2D eigenvalue weighted by molar-refractivity contribution is 5.70. The van der Waals surface area contributed by atoms with Crippen molar-refractivity contribution in [3.63, 3.8) is 0 Å². The molecule has 382 valence electrons. The van der Waals surface area contributed by atoms with Crippen molar-refractivity contribution < 1.29 is 24.2 Å². The molecule has 0 aliphatic heterocycles. The normalized spacial score (nSPS) is 12.0. The Labute approximate surface area is 401 Å². The molecule has 0 heterocycles. The minimum atomic E-state index is -0.764. The minimum Gasteiger partial charge on any atom is -0.462 e. The van der Waals surface area contributed by atoms with E-state index in [1.54, 1.807) is 0 Å². The second kappa shape index (κ2) is 56.2. The monoisotopic (exact) mass is 905 g/mol. The Morgan fingerprint density at radius 2 is 0.484 bits per heavy atom. The number of esters is 2. The molecule has 0 radical (unpaired) electrons. The Balaban J connectivity index is 3.39. The third kappa shape index (κ3) is 53.5. The van der Waals surface area contributed by atoms with Crippen molar-refractivity contribution in [2.24, 2.45) is 0 Å². The maximum atomic E-state index is 12.3. The number of ether oxygens (including phenoxy) is 2. The molecular formula is C59H116O5. The maximum absolute atomic E-state index is 12.3. The van der Waals surface area contributed by atoms with E-state index in [1.165, 1.54) is 289 Å². The van der Waals surface area contributed by atoms with E-state index in [1.807, 2.05) is 0 Å². The molecule has 0 aromatic heterocycles. The van der Waals surface area contributed by atoms with Crippen LogP contribution in [0.4, 0.5) is 0 Å². The fourth-order valence-electron chi connectivity index (χ4n) is 9.44. The SMILES string of the molecule is CCCCCCCCCCCCCCCCCCCCCCCCCCCC(=O)OCC(CO)OC(=O)CCCCCCCCCCCCCCCCCCCCCCCCCCC. The van der Waals surface area contributed by atoms with E-state index < -0.39 is 6.10 Å². The van der Waals surface area contributed by atoms with Crippen LogP contribution in [0.3, 0.4) is 0 Å². The van der Waals surface area contributed by atoms with Gasteiger partial charge >= 0.3 is 11.9 Å². The van der Waals surface area contributed by atoms with Crippen LogP contribution in [-0.2, 0) is 19.1 Å². The summed E-state index contributed by atoms with van der Waals surface area (Å²) in [6, 6.07) is 0. The van der Waals surface area contributed by atoms with Gasteiger partial charge in [0, 0.05) is 12.8 Å². The largest absolute Gasteiger partial charge is 0.462 e. The Morgan fingerprint density at radius 1 is 0.297 bits per heavy atom.